The van der Waals surface area contributed by atoms with Gasteiger partial charge < -0.3 is 10.1 Å². The first-order valence-corrected chi connectivity index (χ1v) is 8.70. The Labute approximate surface area is 156 Å². The Bertz CT molecular complexity index is 780. The number of hydrogen-bond acceptors (Lipinski definition) is 5. The number of amides is 1. The van der Waals surface area contributed by atoms with E-state index in [1.165, 1.54) is 48.2 Å². The highest BCUT2D eigenvalue weighted by atomic mass is 32.2. The number of rotatable bonds is 8. The quantitative estimate of drug-likeness (QED) is 0.412. The molecule has 0 radical (unpaired) electrons. The van der Waals surface area contributed by atoms with Crippen LogP contribution in [0.4, 0.5) is 18.9 Å². The summed E-state index contributed by atoms with van der Waals surface area (Å²) in [7, 11) is 0. The highest BCUT2D eigenvalue weighted by Crippen LogP contribution is 2.23. The van der Waals surface area contributed by atoms with Crippen LogP contribution in [0.25, 0.3) is 0 Å². The summed E-state index contributed by atoms with van der Waals surface area (Å²) in [5, 5.41) is 13.3. The second kappa shape index (κ2) is 9.26. The summed E-state index contributed by atoms with van der Waals surface area (Å²) in [6, 6.07) is 11.3. The van der Waals surface area contributed by atoms with Gasteiger partial charge in [-0.2, -0.15) is 0 Å². The van der Waals surface area contributed by atoms with Gasteiger partial charge in [-0.1, -0.05) is 12.1 Å². The number of nitrogens with zero attached hydrogens (tertiary/aromatic N) is 1. The highest BCUT2D eigenvalue weighted by Gasteiger charge is 2.30. The van der Waals surface area contributed by atoms with E-state index >= 15 is 0 Å². The van der Waals surface area contributed by atoms with Gasteiger partial charge in [0.25, 0.3) is 5.69 Å². The molecule has 6 nitrogen and oxygen atoms in total. The van der Waals surface area contributed by atoms with E-state index in [2.05, 4.69) is 10.1 Å². The normalized spacial score (nSPS) is 11.1. The molecule has 0 unspecified atom stereocenters. The second-order valence-electron chi connectivity index (χ2n) is 5.33. The Morgan fingerprint density at radius 2 is 1.74 bits per heavy atom. The van der Waals surface area contributed by atoms with Gasteiger partial charge in [-0.05, 0) is 36.2 Å². The molecule has 0 fully saturated rings. The lowest BCUT2D eigenvalue weighted by Crippen LogP contribution is -2.27. The Hall–Kier alpha value is -2.75. The predicted molar refractivity (Wildman–Crippen MR) is 93.7 cm³/mol. The van der Waals surface area contributed by atoms with Crippen LogP contribution in [0.3, 0.4) is 0 Å². The fourth-order valence-electron chi connectivity index (χ4n) is 2.07. The topological polar surface area (TPSA) is 81.5 Å². The van der Waals surface area contributed by atoms with Crippen molar-refractivity contribution >= 4 is 23.4 Å². The van der Waals surface area contributed by atoms with Crippen LogP contribution in [0.5, 0.6) is 5.75 Å². The summed E-state index contributed by atoms with van der Waals surface area (Å²) in [4.78, 5) is 22.6. The first-order chi connectivity index (χ1) is 12.7. The summed E-state index contributed by atoms with van der Waals surface area (Å²) in [6.07, 6.45) is -4.27. The largest absolute Gasteiger partial charge is 0.573 e. The number of non-ortho nitro benzene ring substituents is 1. The molecule has 2 rings (SSSR count). The molecule has 0 aliphatic rings. The Morgan fingerprint density at radius 1 is 1.11 bits per heavy atom. The Kier molecular flexibility index (Phi) is 7.05. The zero-order valence-corrected chi connectivity index (χ0v) is 14.7. The van der Waals surface area contributed by atoms with Crippen molar-refractivity contribution in [3.8, 4) is 5.75 Å². The van der Waals surface area contributed by atoms with Gasteiger partial charge in [-0.15, -0.1) is 24.9 Å². The van der Waals surface area contributed by atoms with Crippen molar-refractivity contribution < 1.29 is 27.6 Å². The van der Waals surface area contributed by atoms with Gasteiger partial charge in [0, 0.05) is 23.6 Å². The van der Waals surface area contributed by atoms with Crippen LogP contribution < -0.4 is 10.1 Å². The third-order valence-corrected chi connectivity index (χ3v) is 4.32. The van der Waals surface area contributed by atoms with Crippen molar-refractivity contribution in [1.29, 1.82) is 0 Å². The molecule has 0 atom stereocenters. The molecule has 0 aliphatic heterocycles. The number of ether oxygens (including phenoxy) is 1. The van der Waals surface area contributed by atoms with Crippen molar-refractivity contribution in [3.05, 3.63) is 64.2 Å². The van der Waals surface area contributed by atoms with E-state index in [0.717, 1.165) is 10.5 Å². The minimum atomic E-state index is -4.73. The Morgan fingerprint density at radius 3 is 2.30 bits per heavy atom. The number of halogens is 3. The number of hydrogen-bond donors (Lipinski definition) is 1. The minimum absolute atomic E-state index is 0.0181. The predicted octanol–water partition coefficient (Wildman–Crippen LogP) is 3.94. The lowest BCUT2D eigenvalue weighted by atomic mass is 10.1. The van der Waals surface area contributed by atoms with E-state index in [4.69, 9.17) is 0 Å². The fourth-order valence-corrected chi connectivity index (χ4v) is 2.80. The average Bonchev–Trinajstić information content (AvgIpc) is 2.60. The maximum absolute atomic E-state index is 12.1. The standard InChI is InChI=1S/C17H15F3N2O4S/c18-17(19,20)26-14-5-1-12(2-6-14)9-10-21-16(23)11-27-15-7-3-13(4-8-15)22(24)25/h1-8H,9-11H2,(H,21,23). The zero-order chi connectivity index (χ0) is 19.9. The molecule has 144 valence electrons. The van der Waals surface area contributed by atoms with Crippen LogP contribution in [0.1, 0.15) is 5.56 Å². The number of nitrogens with one attached hydrogen (secondary N) is 1. The number of thioether (sulfide) groups is 1. The maximum Gasteiger partial charge on any atom is 0.573 e. The molecule has 0 spiro atoms. The van der Waals surface area contributed by atoms with Crippen LogP contribution in [0.2, 0.25) is 0 Å². The van der Waals surface area contributed by atoms with Crippen molar-refractivity contribution in [2.24, 2.45) is 0 Å². The molecule has 2 aromatic carbocycles. The van der Waals surface area contributed by atoms with Gasteiger partial charge in [0.2, 0.25) is 5.91 Å². The molecule has 0 saturated carbocycles. The van der Waals surface area contributed by atoms with Gasteiger partial charge >= 0.3 is 6.36 Å². The number of carbonyl (C=O) groups excluding carboxylic acids is 1. The first-order valence-electron chi connectivity index (χ1n) is 7.71. The van der Waals surface area contributed by atoms with E-state index in [0.29, 0.717) is 13.0 Å². The number of carbonyl (C=O) groups is 1. The maximum atomic E-state index is 12.1. The first kappa shape index (κ1) is 20.6. The van der Waals surface area contributed by atoms with E-state index in [9.17, 15) is 28.1 Å². The molecule has 10 heteroatoms. The summed E-state index contributed by atoms with van der Waals surface area (Å²) in [6.45, 7) is 0.332. The lowest BCUT2D eigenvalue weighted by Gasteiger charge is -2.09. The number of nitro benzene ring substituents is 1. The van der Waals surface area contributed by atoms with E-state index in [1.54, 1.807) is 12.1 Å². The van der Waals surface area contributed by atoms with Crippen LogP contribution in [-0.2, 0) is 11.2 Å². The summed E-state index contributed by atoms with van der Waals surface area (Å²) >= 11 is 1.24. The Balaban J connectivity index is 1.70. The third-order valence-electron chi connectivity index (χ3n) is 3.31. The molecule has 0 saturated heterocycles. The highest BCUT2D eigenvalue weighted by molar-refractivity contribution is 8.00. The monoisotopic (exact) mass is 400 g/mol. The molecular formula is C17H15F3N2O4S. The van der Waals surface area contributed by atoms with Gasteiger partial charge in [-0.3, -0.25) is 14.9 Å². The zero-order valence-electron chi connectivity index (χ0n) is 13.9. The SMILES string of the molecule is O=C(CSc1ccc([N+](=O)[O-])cc1)NCCc1ccc(OC(F)(F)F)cc1. The minimum Gasteiger partial charge on any atom is -0.406 e. The molecule has 1 amide bonds. The van der Waals surface area contributed by atoms with Crippen LogP contribution in [0, 0.1) is 10.1 Å². The van der Waals surface area contributed by atoms with Crippen molar-refractivity contribution in [2.45, 2.75) is 17.7 Å². The van der Waals surface area contributed by atoms with Crippen LogP contribution in [0.15, 0.2) is 53.4 Å². The lowest BCUT2D eigenvalue weighted by molar-refractivity contribution is -0.384. The molecule has 0 bridgehead atoms. The molecule has 0 aromatic heterocycles. The van der Waals surface area contributed by atoms with E-state index < -0.39 is 11.3 Å². The van der Waals surface area contributed by atoms with Gasteiger partial charge in [0.05, 0.1) is 10.7 Å². The van der Waals surface area contributed by atoms with Crippen molar-refractivity contribution in [3.63, 3.8) is 0 Å². The number of benzene rings is 2. The van der Waals surface area contributed by atoms with Crippen molar-refractivity contribution in [2.75, 3.05) is 12.3 Å². The average molecular weight is 400 g/mol. The third kappa shape index (κ3) is 7.57. The molecule has 2 aromatic rings. The molecule has 0 heterocycles. The van der Waals surface area contributed by atoms with Gasteiger partial charge in [-0.25, -0.2) is 0 Å². The van der Waals surface area contributed by atoms with Crippen molar-refractivity contribution in [1.82, 2.24) is 5.32 Å². The fraction of sp³-hybridized carbons (Fsp3) is 0.235. The summed E-state index contributed by atoms with van der Waals surface area (Å²) in [5.41, 5.74) is 0.739. The molecule has 1 N–H and O–H groups in total. The smallest absolute Gasteiger partial charge is 0.406 e. The number of alkyl halides is 3. The van der Waals surface area contributed by atoms with E-state index in [1.807, 2.05) is 0 Å². The second-order valence-corrected chi connectivity index (χ2v) is 6.38. The summed E-state index contributed by atoms with van der Waals surface area (Å²) in [5.74, 6) is -0.360. The van der Waals surface area contributed by atoms with Crippen LogP contribution in [-0.4, -0.2) is 29.5 Å². The molecule has 0 aliphatic carbocycles. The molecular weight excluding hydrogens is 385 g/mol. The number of nitro groups is 1. The van der Waals surface area contributed by atoms with Gasteiger partial charge in [0.1, 0.15) is 5.75 Å². The van der Waals surface area contributed by atoms with Crippen LogP contribution >= 0.6 is 11.8 Å². The summed E-state index contributed by atoms with van der Waals surface area (Å²) < 4.78 is 40.0. The van der Waals surface area contributed by atoms with E-state index in [-0.39, 0.29) is 23.1 Å². The molecule has 27 heavy (non-hydrogen) atoms. The van der Waals surface area contributed by atoms with Gasteiger partial charge in [0.15, 0.2) is 0 Å².